The molecule has 0 unspecified atom stereocenters. The standard InChI is InChI=1S/Ca.3ClH.Na.Ni.2H2O/h;3*1H;;;2*1H2/q+2;;;;+1;+2;;/p-5. The van der Waals surface area contributed by atoms with Crippen molar-refractivity contribution in [1.82, 2.24) is 0 Å². The van der Waals surface area contributed by atoms with Crippen molar-refractivity contribution in [2.24, 2.45) is 0 Å². The van der Waals surface area contributed by atoms with Crippen LogP contribution in [0.2, 0.25) is 0 Å². The Balaban J connectivity index is 0. The first-order valence-electron chi connectivity index (χ1n) is 0. The number of hydrogen-bond acceptors (Lipinski definition) is 2. The van der Waals surface area contributed by atoms with Crippen LogP contribution in [0.3, 0.4) is 0 Å². The normalized spacial score (nSPS) is 0. The Morgan fingerprint density at radius 2 is 0.625 bits per heavy atom. The Hall–Kier alpha value is 3.54. The van der Waals surface area contributed by atoms with E-state index >= 15 is 0 Å². The minimum atomic E-state index is 0. The number of hydrogen-bond donors (Lipinski definition) is 0. The van der Waals surface area contributed by atoms with Gasteiger partial charge in [0, 0.05) is 0 Å². The SMILES string of the molecule is [Ca+2].[Cl-].[Cl-].[Cl-].[Na+].[Ni+2].[OH-].[OH-]. The van der Waals surface area contributed by atoms with Gasteiger partial charge in [-0.15, -0.1) is 0 Å². The van der Waals surface area contributed by atoms with Crippen LogP contribution in [-0.4, -0.2) is 48.7 Å². The Morgan fingerprint density at radius 3 is 0.625 bits per heavy atom. The molecule has 0 saturated heterocycles. The number of rotatable bonds is 0. The monoisotopic (exact) mass is 260 g/mol. The summed E-state index contributed by atoms with van der Waals surface area (Å²) < 4.78 is 0. The van der Waals surface area contributed by atoms with Gasteiger partial charge in [0.1, 0.15) is 0 Å². The molecular formula is H2CaCl3NaNiO2. The van der Waals surface area contributed by atoms with Crippen LogP contribution in [0, 0.1) is 0 Å². The largest absolute Gasteiger partial charge is 2.00 e. The molecule has 0 heterocycles. The molecule has 48 valence electrons. The molecule has 0 aliphatic carbocycles. The fraction of sp³-hybridized carbons (Fsp3) is 0. The predicted octanol–water partition coefficient (Wildman–Crippen LogP) is -12.7. The van der Waals surface area contributed by atoms with Crippen LogP contribution in [0.4, 0.5) is 0 Å². The summed E-state index contributed by atoms with van der Waals surface area (Å²) in [4.78, 5) is 0. The second-order valence-electron chi connectivity index (χ2n) is 0. The molecule has 0 aromatic rings. The molecule has 0 aromatic heterocycles. The molecule has 0 atom stereocenters. The van der Waals surface area contributed by atoms with Crippen LogP contribution in [0.25, 0.3) is 0 Å². The maximum absolute atomic E-state index is 0. The molecule has 8 heavy (non-hydrogen) atoms. The summed E-state index contributed by atoms with van der Waals surface area (Å²) in [5.74, 6) is 0. The first kappa shape index (κ1) is 102. The molecule has 0 rings (SSSR count). The zero-order chi connectivity index (χ0) is 0. The van der Waals surface area contributed by atoms with Crippen LogP contribution >= 0.6 is 0 Å². The van der Waals surface area contributed by atoms with Gasteiger partial charge in [0.2, 0.25) is 0 Å². The van der Waals surface area contributed by atoms with Gasteiger partial charge >= 0.3 is 83.8 Å². The fourth-order valence-corrected chi connectivity index (χ4v) is 0. The molecule has 8 heteroatoms. The molecule has 0 radical (unpaired) electrons. The van der Waals surface area contributed by atoms with Gasteiger partial charge in [-0.3, -0.25) is 0 Å². The van der Waals surface area contributed by atoms with Crippen molar-refractivity contribution in [2.75, 3.05) is 0 Å². The van der Waals surface area contributed by atoms with Gasteiger partial charge in [-0.05, 0) is 0 Å². The van der Waals surface area contributed by atoms with Gasteiger partial charge in [-0.25, -0.2) is 0 Å². The van der Waals surface area contributed by atoms with Gasteiger partial charge in [-0.1, -0.05) is 0 Å². The third-order valence-electron chi connectivity index (χ3n) is 0. The van der Waals surface area contributed by atoms with Crippen molar-refractivity contribution in [1.29, 1.82) is 0 Å². The quantitative estimate of drug-likeness (QED) is 0.407. The average Bonchev–Trinajstić information content (AvgIpc) is 0. The first-order valence-corrected chi connectivity index (χ1v) is 0. The zero-order valence-corrected chi connectivity index (χ0v) is 11.5. The molecule has 0 aliphatic rings. The van der Waals surface area contributed by atoms with Crippen molar-refractivity contribution < 1.29 is 94.2 Å². The molecular weight excluding hydrogens is 260 g/mol. The van der Waals surface area contributed by atoms with E-state index in [1.165, 1.54) is 0 Å². The molecule has 0 spiro atoms. The Bertz CT molecular complexity index is 17.2. The second kappa shape index (κ2) is 76.5. The Kier molecular flexibility index (Phi) is 977. The fourth-order valence-electron chi connectivity index (χ4n) is 0. The maximum atomic E-state index is 0. The Morgan fingerprint density at radius 1 is 0.625 bits per heavy atom. The van der Waals surface area contributed by atoms with Crippen LogP contribution in [-0.2, 0) is 16.5 Å². The van der Waals surface area contributed by atoms with E-state index in [1.807, 2.05) is 0 Å². The van der Waals surface area contributed by atoms with Crippen molar-refractivity contribution in [3.05, 3.63) is 0 Å². The van der Waals surface area contributed by atoms with E-state index in [9.17, 15) is 0 Å². The van der Waals surface area contributed by atoms with E-state index in [2.05, 4.69) is 0 Å². The van der Waals surface area contributed by atoms with Crippen molar-refractivity contribution in [3.8, 4) is 0 Å². The second-order valence-corrected chi connectivity index (χ2v) is 0. The van der Waals surface area contributed by atoms with Crippen molar-refractivity contribution >= 4 is 37.7 Å². The van der Waals surface area contributed by atoms with Gasteiger partial charge in [-0.2, -0.15) is 0 Å². The van der Waals surface area contributed by atoms with Crippen LogP contribution < -0.4 is 66.8 Å². The van der Waals surface area contributed by atoms with E-state index in [4.69, 9.17) is 0 Å². The summed E-state index contributed by atoms with van der Waals surface area (Å²) in [5.41, 5.74) is 0. The van der Waals surface area contributed by atoms with Crippen molar-refractivity contribution in [3.63, 3.8) is 0 Å². The van der Waals surface area contributed by atoms with E-state index in [0.717, 1.165) is 0 Å². The molecule has 2 N–H and O–H groups in total. The number of halogens is 3. The van der Waals surface area contributed by atoms with E-state index in [-0.39, 0.29) is 132 Å². The molecule has 0 fully saturated rings. The van der Waals surface area contributed by atoms with Gasteiger partial charge < -0.3 is 48.2 Å². The van der Waals surface area contributed by atoms with Crippen LogP contribution in [0.15, 0.2) is 0 Å². The smallest absolute Gasteiger partial charge is 1.00 e. The first-order chi connectivity index (χ1) is 0. The van der Waals surface area contributed by atoms with E-state index < -0.39 is 0 Å². The van der Waals surface area contributed by atoms with Crippen LogP contribution in [0.5, 0.6) is 0 Å². The summed E-state index contributed by atoms with van der Waals surface area (Å²) in [7, 11) is 0. The van der Waals surface area contributed by atoms with Crippen LogP contribution in [0.1, 0.15) is 0 Å². The van der Waals surface area contributed by atoms with E-state index in [0.29, 0.717) is 0 Å². The van der Waals surface area contributed by atoms with Gasteiger partial charge in [0.05, 0.1) is 0 Å². The van der Waals surface area contributed by atoms with E-state index in [1.54, 1.807) is 0 Å². The molecule has 0 saturated carbocycles. The summed E-state index contributed by atoms with van der Waals surface area (Å²) in [5, 5.41) is 0. The summed E-state index contributed by atoms with van der Waals surface area (Å²) >= 11 is 0. The Labute approximate surface area is 129 Å². The van der Waals surface area contributed by atoms with Gasteiger partial charge in [0.15, 0.2) is 0 Å². The minimum absolute atomic E-state index is 0. The molecule has 0 amide bonds. The third kappa shape index (κ3) is 55.5. The summed E-state index contributed by atoms with van der Waals surface area (Å²) in [6, 6.07) is 0. The summed E-state index contributed by atoms with van der Waals surface area (Å²) in [6.45, 7) is 0. The molecule has 0 aromatic carbocycles. The van der Waals surface area contributed by atoms with Gasteiger partial charge in [0.25, 0.3) is 0 Å². The third-order valence-corrected chi connectivity index (χ3v) is 0. The minimum Gasteiger partial charge on any atom is -1.00 e. The molecule has 0 aliphatic heterocycles. The molecule has 0 bridgehead atoms. The predicted molar refractivity (Wildman–Crippen MR) is 9.63 cm³/mol. The summed E-state index contributed by atoms with van der Waals surface area (Å²) in [6.07, 6.45) is 0. The topological polar surface area (TPSA) is 60.0 Å². The average molecular weight is 262 g/mol. The molecule has 2 nitrogen and oxygen atoms in total. The zero-order valence-electron chi connectivity index (χ0n) is 4.05. The van der Waals surface area contributed by atoms with Crippen molar-refractivity contribution in [2.45, 2.75) is 0 Å². The maximum Gasteiger partial charge on any atom is 2.00 e.